The third kappa shape index (κ3) is 4.13. The fourth-order valence-electron chi connectivity index (χ4n) is 2.38. The third-order valence-electron chi connectivity index (χ3n) is 3.83. The Kier molecular flexibility index (Phi) is 5.43. The van der Waals surface area contributed by atoms with Gasteiger partial charge in [-0.3, -0.25) is 4.79 Å². The van der Waals surface area contributed by atoms with Crippen molar-refractivity contribution in [2.75, 3.05) is 7.05 Å². The summed E-state index contributed by atoms with van der Waals surface area (Å²) < 4.78 is 41.4. The van der Waals surface area contributed by atoms with Crippen LogP contribution in [0.1, 0.15) is 17.8 Å². The van der Waals surface area contributed by atoms with E-state index in [1.165, 1.54) is 20.3 Å². The summed E-state index contributed by atoms with van der Waals surface area (Å²) in [5.74, 6) is -1.49. The second-order valence-corrected chi connectivity index (χ2v) is 6.21. The van der Waals surface area contributed by atoms with Gasteiger partial charge >= 0.3 is 6.18 Å². The lowest BCUT2D eigenvalue weighted by molar-refractivity contribution is -0.271. The average molecular weight is 376 g/mol. The van der Waals surface area contributed by atoms with Crippen molar-refractivity contribution in [3.05, 3.63) is 53.1 Å². The first-order valence-corrected chi connectivity index (χ1v) is 7.67. The van der Waals surface area contributed by atoms with E-state index < -0.39 is 29.9 Å². The highest BCUT2D eigenvalue weighted by molar-refractivity contribution is 6.30. The van der Waals surface area contributed by atoms with Gasteiger partial charge in [-0.05, 0) is 17.7 Å². The molecule has 9 heteroatoms. The zero-order valence-corrected chi connectivity index (χ0v) is 14.3. The Hall–Kier alpha value is -2.06. The van der Waals surface area contributed by atoms with Crippen LogP contribution in [0.25, 0.3) is 0 Å². The Labute approximate surface area is 147 Å². The SMILES string of the molecule is CN(Cc1ccc(Cl)cc1)C(=O)CC(O)(c1nccn1C)C(F)(F)F. The lowest BCUT2D eigenvalue weighted by atomic mass is 9.96. The van der Waals surface area contributed by atoms with E-state index in [0.29, 0.717) is 10.6 Å². The molecule has 0 bridgehead atoms. The molecule has 0 aliphatic heterocycles. The summed E-state index contributed by atoms with van der Waals surface area (Å²) in [5, 5.41) is 10.8. The van der Waals surface area contributed by atoms with Crippen LogP contribution < -0.4 is 0 Å². The Morgan fingerprint density at radius 3 is 2.40 bits per heavy atom. The minimum atomic E-state index is -5.05. The molecule has 2 aromatic rings. The highest BCUT2D eigenvalue weighted by atomic mass is 35.5. The molecule has 136 valence electrons. The Balaban J connectivity index is 2.20. The number of imidazole rings is 1. The number of nitrogens with zero attached hydrogens (tertiary/aromatic N) is 3. The summed E-state index contributed by atoms with van der Waals surface area (Å²) in [6.07, 6.45) is -3.81. The second-order valence-electron chi connectivity index (χ2n) is 5.77. The number of aryl methyl sites for hydroxylation is 1. The predicted molar refractivity (Wildman–Crippen MR) is 85.7 cm³/mol. The largest absolute Gasteiger partial charge is 0.425 e. The highest BCUT2D eigenvalue weighted by Gasteiger charge is 2.58. The quantitative estimate of drug-likeness (QED) is 0.874. The monoisotopic (exact) mass is 375 g/mol. The molecule has 0 fully saturated rings. The standard InChI is InChI=1S/C16H17ClF3N3O2/c1-22-8-7-21-14(22)15(25,16(18,19)20)9-13(24)23(2)10-11-3-5-12(17)6-4-11/h3-8,25H,9-10H2,1-2H3. The maximum atomic E-state index is 13.5. The molecule has 0 spiro atoms. The number of halogens is 4. The van der Waals surface area contributed by atoms with Gasteiger partial charge in [0.1, 0.15) is 0 Å². The minimum absolute atomic E-state index is 0.0878. The second kappa shape index (κ2) is 7.05. The Morgan fingerprint density at radius 2 is 1.92 bits per heavy atom. The van der Waals surface area contributed by atoms with Gasteiger partial charge < -0.3 is 14.6 Å². The van der Waals surface area contributed by atoms with E-state index in [0.717, 1.165) is 15.7 Å². The van der Waals surface area contributed by atoms with Gasteiger partial charge in [0.2, 0.25) is 11.5 Å². The lowest BCUT2D eigenvalue weighted by Crippen LogP contribution is -2.48. The van der Waals surface area contributed by atoms with Gasteiger partial charge in [0.25, 0.3) is 0 Å². The molecule has 0 saturated carbocycles. The highest BCUT2D eigenvalue weighted by Crippen LogP contribution is 2.41. The smallest absolute Gasteiger partial charge is 0.374 e. The molecule has 1 unspecified atom stereocenters. The Morgan fingerprint density at radius 1 is 1.32 bits per heavy atom. The van der Waals surface area contributed by atoms with Crippen molar-refractivity contribution in [3.8, 4) is 0 Å². The van der Waals surface area contributed by atoms with Crippen molar-refractivity contribution in [2.24, 2.45) is 7.05 Å². The number of amides is 1. The van der Waals surface area contributed by atoms with Crippen molar-refractivity contribution in [1.82, 2.24) is 14.5 Å². The first-order valence-electron chi connectivity index (χ1n) is 7.30. The van der Waals surface area contributed by atoms with Gasteiger partial charge in [-0.15, -0.1) is 0 Å². The summed E-state index contributed by atoms with van der Waals surface area (Å²) in [4.78, 5) is 17.0. The fourth-order valence-corrected chi connectivity index (χ4v) is 2.50. The maximum absolute atomic E-state index is 13.5. The molecule has 0 aliphatic rings. The van der Waals surface area contributed by atoms with Crippen LogP contribution in [0.15, 0.2) is 36.7 Å². The zero-order valence-electron chi connectivity index (χ0n) is 13.6. The number of aliphatic hydroxyl groups is 1. The van der Waals surface area contributed by atoms with Crippen LogP contribution in [0.5, 0.6) is 0 Å². The molecule has 1 amide bonds. The van der Waals surface area contributed by atoms with Crippen molar-refractivity contribution in [2.45, 2.75) is 24.7 Å². The molecular weight excluding hydrogens is 359 g/mol. The van der Waals surface area contributed by atoms with Gasteiger partial charge in [-0.2, -0.15) is 13.2 Å². The minimum Gasteiger partial charge on any atom is -0.374 e. The predicted octanol–water partition coefficient (Wildman–Crippen LogP) is 2.87. The average Bonchev–Trinajstić information content (AvgIpc) is 2.94. The van der Waals surface area contributed by atoms with Crippen molar-refractivity contribution in [1.29, 1.82) is 0 Å². The van der Waals surface area contributed by atoms with E-state index >= 15 is 0 Å². The summed E-state index contributed by atoms with van der Waals surface area (Å²) in [5.41, 5.74) is -2.66. The van der Waals surface area contributed by atoms with Gasteiger partial charge in [-0.25, -0.2) is 4.98 Å². The topological polar surface area (TPSA) is 58.4 Å². The molecule has 0 radical (unpaired) electrons. The lowest BCUT2D eigenvalue weighted by Gasteiger charge is -2.31. The van der Waals surface area contributed by atoms with E-state index in [-0.39, 0.29) is 6.54 Å². The molecule has 1 aromatic carbocycles. The molecule has 0 saturated heterocycles. The molecular formula is C16H17ClF3N3O2. The van der Waals surface area contributed by atoms with Crippen molar-refractivity contribution >= 4 is 17.5 Å². The van der Waals surface area contributed by atoms with E-state index in [9.17, 15) is 23.1 Å². The number of hydrogen-bond acceptors (Lipinski definition) is 3. The number of carbonyl (C=O) groups is 1. The van der Waals surface area contributed by atoms with Gasteiger partial charge in [0.15, 0.2) is 5.82 Å². The molecule has 0 aliphatic carbocycles. The van der Waals surface area contributed by atoms with E-state index in [1.807, 2.05) is 0 Å². The molecule has 5 nitrogen and oxygen atoms in total. The van der Waals surface area contributed by atoms with E-state index in [2.05, 4.69) is 4.98 Å². The Bertz CT molecular complexity index is 746. The molecule has 1 heterocycles. The molecule has 1 N–H and O–H groups in total. The summed E-state index contributed by atoms with van der Waals surface area (Å²) >= 11 is 5.77. The number of hydrogen-bond donors (Lipinski definition) is 1. The van der Waals surface area contributed by atoms with E-state index in [1.54, 1.807) is 24.3 Å². The number of carbonyl (C=O) groups excluding carboxylic acids is 1. The van der Waals surface area contributed by atoms with Crippen LogP contribution in [0.2, 0.25) is 5.02 Å². The third-order valence-corrected chi connectivity index (χ3v) is 4.08. The molecule has 1 atom stereocenters. The maximum Gasteiger partial charge on any atom is 0.425 e. The van der Waals surface area contributed by atoms with Crippen LogP contribution >= 0.6 is 11.6 Å². The van der Waals surface area contributed by atoms with Gasteiger partial charge in [0.05, 0.1) is 6.42 Å². The van der Waals surface area contributed by atoms with Crippen LogP contribution in [-0.2, 0) is 24.0 Å². The number of alkyl halides is 3. The summed E-state index contributed by atoms with van der Waals surface area (Å²) in [6, 6.07) is 6.58. The van der Waals surface area contributed by atoms with Gasteiger partial charge in [0, 0.05) is 38.1 Å². The first kappa shape index (κ1) is 19.3. The number of aromatic nitrogens is 2. The number of rotatable bonds is 5. The number of benzene rings is 1. The molecule has 25 heavy (non-hydrogen) atoms. The first-order chi connectivity index (χ1) is 11.5. The zero-order chi connectivity index (χ0) is 18.8. The molecule has 2 rings (SSSR count). The van der Waals surface area contributed by atoms with Crippen molar-refractivity contribution < 1.29 is 23.1 Å². The van der Waals surface area contributed by atoms with Crippen LogP contribution in [0.3, 0.4) is 0 Å². The van der Waals surface area contributed by atoms with Crippen LogP contribution in [-0.4, -0.2) is 38.7 Å². The van der Waals surface area contributed by atoms with Crippen LogP contribution in [0, 0.1) is 0 Å². The summed E-state index contributed by atoms with van der Waals surface area (Å²) in [7, 11) is 2.69. The van der Waals surface area contributed by atoms with E-state index in [4.69, 9.17) is 11.6 Å². The van der Waals surface area contributed by atoms with Gasteiger partial charge in [-0.1, -0.05) is 23.7 Å². The fraction of sp³-hybridized carbons (Fsp3) is 0.375. The molecule has 1 aromatic heterocycles. The van der Waals surface area contributed by atoms with Crippen LogP contribution in [0.4, 0.5) is 13.2 Å². The normalized spacial score (nSPS) is 14.2. The summed E-state index contributed by atoms with van der Waals surface area (Å²) in [6.45, 7) is 0.0878. The van der Waals surface area contributed by atoms with Crippen molar-refractivity contribution in [3.63, 3.8) is 0 Å².